The van der Waals surface area contributed by atoms with Crippen molar-refractivity contribution in [3.63, 3.8) is 0 Å². The third kappa shape index (κ3) is 3.28. The van der Waals surface area contributed by atoms with Gasteiger partial charge in [0.2, 0.25) is 5.91 Å². The molecule has 0 atom stereocenters. The molecule has 1 aliphatic heterocycles. The van der Waals surface area contributed by atoms with Gasteiger partial charge >= 0.3 is 0 Å². The monoisotopic (exact) mass is 246 g/mol. The maximum atomic E-state index is 12.0. The highest BCUT2D eigenvalue weighted by molar-refractivity contribution is 7.85. The molecule has 0 aliphatic carbocycles. The molecule has 1 saturated heterocycles. The largest absolute Gasteiger partial charge is 0.352 e. The maximum Gasteiger partial charge on any atom is 0.240 e. The standard InChI is InChI=1S/C11H22N2O2S/c1-3-11(12,4-2)10(14)13-9-5-7-16(15)8-6-9/h9H,3-8,12H2,1-2H3,(H,13,14). The Labute approximate surface area is 99.8 Å². The van der Waals surface area contributed by atoms with Crippen molar-refractivity contribution in [2.75, 3.05) is 11.5 Å². The van der Waals surface area contributed by atoms with Crippen LogP contribution in [0.5, 0.6) is 0 Å². The first-order valence-electron chi connectivity index (χ1n) is 5.96. The quantitative estimate of drug-likeness (QED) is 0.760. The minimum atomic E-state index is -0.739. The summed E-state index contributed by atoms with van der Waals surface area (Å²) in [6.45, 7) is 3.86. The first-order valence-corrected chi connectivity index (χ1v) is 7.45. The van der Waals surface area contributed by atoms with Crippen LogP contribution in [0.1, 0.15) is 39.5 Å². The zero-order valence-corrected chi connectivity index (χ0v) is 10.9. The SMILES string of the molecule is CCC(N)(CC)C(=O)NC1CCS(=O)CC1. The van der Waals surface area contributed by atoms with Gasteiger partial charge < -0.3 is 11.1 Å². The lowest BCUT2D eigenvalue weighted by Gasteiger charge is -2.30. The smallest absolute Gasteiger partial charge is 0.240 e. The molecule has 94 valence electrons. The summed E-state index contributed by atoms with van der Waals surface area (Å²) in [7, 11) is -0.683. The highest BCUT2D eigenvalue weighted by Gasteiger charge is 2.32. The number of hydrogen-bond acceptors (Lipinski definition) is 3. The molecule has 0 aromatic heterocycles. The molecule has 1 aliphatic rings. The van der Waals surface area contributed by atoms with Gasteiger partial charge in [0.05, 0.1) is 5.54 Å². The number of rotatable bonds is 4. The van der Waals surface area contributed by atoms with Crippen molar-refractivity contribution in [1.82, 2.24) is 5.32 Å². The maximum absolute atomic E-state index is 12.0. The van der Waals surface area contributed by atoms with Crippen molar-refractivity contribution in [3.8, 4) is 0 Å². The molecule has 0 unspecified atom stereocenters. The van der Waals surface area contributed by atoms with Crippen molar-refractivity contribution in [1.29, 1.82) is 0 Å². The van der Waals surface area contributed by atoms with Gasteiger partial charge in [0.15, 0.2) is 0 Å². The average molecular weight is 246 g/mol. The molecule has 1 rings (SSSR count). The van der Waals surface area contributed by atoms with E-state index in [0.29, 0.717) is 24.3 Å². The lowest BCUT2D eigenvalue weighted by Crippen LogP contribution is -2.56. The first kappa shape index (κ1) is 13.6. The Balaban J connectivity index is 2.48. The minimum Gasteiger partial charge on any atom is -0.352 e. The van der Waals surface area contributed by atoms with Crippen molar-refractivity contribution < 1.29 is 9.00 Å². The van der Waals surface area contributed by atoms with Crippen LogP contribution in [0.2, 0.25) is 0 Å². The second kappa shape index (κ2) is 5.77. The average Bonchev–Trinajstić information content (AvgIpc) is 2.31. The molecule has 1 fully saturated rings. The van der Waals surface area contributed by atoms with Gasteiger partial charge in [0.25, 0.3) is 0 Å². The van der Waals surface area contributed by atoms with Gasteiger partial charge in [-0.15, -0.1) is 0 Å². The van der Waals surface area contributed by atoms with E-state index in [1.165, 1.54) is 0 Å². The normalized spacial score (nSPS) is 26.4. The van der Waals surface area contributed by atoms with E-state index in [-0.39, 0.29) is 11.9 Å². The van der Waals surface area contributed by atoms with Crippen LogP contribution in [0, 0.1) is 0 Å². The Morgan fingerprint density at radius 3 is 2.31 bits per heavy atom. The van der Waals surface area contributed by atoms with E-state index in [4.69, 9.17) is 5.73 Å². The van der Waals surface area contributed by atoms with Gasteiger partial charge in [0.1, 0.15) is 0 Å². The molecule has 5 heteroatoms. The number of nitrogens with two attached hydrogens (primary N) is 1. The van der Waals surface area contributed by atoms with E-state index in [1.54, 1.807) is 0 Å². The predicted octanol–water partition coefficient (Wildman–Crippen LogP) is 0.531. The molecule has 16 heavy (non-hydrogen) atoms. The Hall–Kier alpha value is -0.420. The predicted molar refractivity (Wildman–Crippen MR) is 66.5 cm³/mol. The van der Waals surface area contributed by atoms with Gasteiger partial charge in [-0.1, -0.05) is 13.8 Å². The fourth-order valence-corrected chi connectivity index (χ4v) is 3.14. The highest BCUT2D eigenvalue weighted by atomic mass is 32.2. The first-order chi connectivity index (χ1) is 7.51. The zero-order valence-electron chi connectivity index (χ0n) is 10.1. The number of hydrogen-bond donors (Lipinski definition) is 2. The summed E-state index contributed by atoms with van der Waals surface area (Å²) < 4.78 is 11.2. The molecular weight excluding hydrogens is 224 g/mol. The van der Waals surface area contributed by atoms with Crippen LogP contribution in [-0.2, 0) is 15.6 Å². The van der Waals surface area contributed by atoms with Crippen molar-refractivity contribution in [2.45, 2.75) is 51.1 Å². The highest BCUT2D eigenvalue weighted by Crippen LogP contribution is 2.14. The lowest BCUT2D eigenvalue weighted by atomic mass is 9.92. The van der Waals surface area contributed by atoms with Gasteiger partial charge in [-0.2, -0.15) is 0 Å². The second-order valence-corrected chi connectivity index (χ2v) is 6.16. The number of carbonyl (C=O) groups is 1. The number of amides is 1. The summed E-state index contributed by atoms with van der Waals surface area (Å²) in [5.74, 6) is 1.33. The topological polar surface area (TPSA) is 72.2 Å². The molecular formula is C11H22N2O2S. The Bertz CT molecular complexity index is 267. The second-order valence-electron chi connectivity index (χ2n) is 4.46. The summed E-state index contributed by atoms with van der Waals surface area (Å²) in [5.41, 5.74) is 5.27. The van der Waals surface area contributed by atoms with Crippen LogP contribution < -0.4 is 11.1 Å². The van der Waals surface area contributed by atoms with Crippen molar-refractivity contribution in [2.24, 2.45) is 5.73 Å². The van der Waals surface area contributed by atoms with Crippen LogP contribution in [-0.4, -0.2) is 33.2 Å². The number of nitrogens with one attached hydrogen (secondary N) is 1. The zero-order chi connectivity index (χ0) is 12.2. The lowest BCUT2D eigenvalue weighted by molar-refractivity contribution is -0.127. The van der Waals surface area contributed by atoms with E-state index in [2.05, 4.69) is 5.32 Å². The molecule has 4 nitrogen and oxygen atoms in total. The van der Waals surface area contributed by atoms with E-state index in [0.717, 1.165) is 12.8 Å². The molecule has 3 N–H and O–H groups in total. The fraction of sp³-hybridized carbons (Fsp3) is 0.909. The van der Waals surface area contributed by atoms with Crippen molar-refractivity contribution in [3.05, 3.63) is 0 Å². The Kier molecular flexibility index (Phi) is 4.92. The summed E-state index contributed by atoms with van der Waals surface area (Å²) in [6, 6.07) is 0.159. The number of carbonyl (C=O) groups excluding carboxylic acids is 1. The fourth-order valence-electron chi connectivity index (χ4n) is 1.84. The van der Waals surface area contributed by atoms with Crippen molar-refractivity contribution >= 4 is 16.7 Å². The van der Waals surface area contributed by atoms with E-state index in [1.807, 2.05) is 13.8 Å². The van der Waals surface area contributed by atoms with Gasteiger partial charge in [-0.3, -0.25) is 9.00 Å². The Morgan fingerprint density at radius 2 is 1.88 bits per heavy atom. The van der Waals surface area contributed by atoms with E-state index in [9.17, 15) is 9.00 Å². The molecule has 0 bridgehead atoms. The van der Waals surface area contributed by atoms with E-state index < -0.39 is 16.3 Å². The van der Waals surface area contributed by atoms with Gasteiger partial charge in [-0.05, 0) is 25.7 Å². The van der Waals surface area contributed by atoms with Crippen LogP contribution in [0.4, 0.5) is 0 Å². The molecule has 0 radical (unpaired) electrons. The molecule has 1 amide bonds. The Morgan fingerprint density at radius 1 is 1.38 bits per heavy atom. The molecule has 0 spiro atoms. The summed E-state index contributed by atoms with van der Waals surface area (Å²) in [5, 5.41) is 2.98. The summed E-state index contributed by atoms with van der Waals surface area (Å²) >= 11 is 0. The summed E-state index contributed by atoms with van der Waals surface area (Å²) in [4.78, 5) is 12.0. The van der Waals surface area contributed by atoms with Crippen LogP contribution in [0.3, 0.4) is 0 Å². The van der Waals surface area contributed by atoms with Crippen LogP contribution >= 0.6 is 0 Å². The molecule has 0 aromatic carbocycles. The van der Waals surface area contributed by atoms with Gasteiger partial charge in [-0.25, -0.2) is 0 Å². The summed E-state index contributed by atoms with van der Waals surface area (Å²) in [6.07, 6.45) is 2.91. The van der Waals surface area contributed by atoms with E-state index >= 15 is 0 Å². The molecule has 0 saturated carbocycles. The third-order valence-corrected chi connectivity index (χ3v) is 4.82. The minimum absolute atomic E-state index is 0.0600. The molecule has 0 aromatic rings. The third-order valence-electron chi connectivity index (χ3n) is 3.44. The van der Waals surface area contributed by atoms with Crippen LogP contribution in [0.15, 0.2) is 0 Å². The molecule has 1 heterocycles. The van der Waals surface area contributed by atoms with Crippen LogP contribution in [0.25, 0.3) is 0 Å². The van der Waals surface area contributed by atoms with Gasteiger partial charge in [0, 0.05) is 28.3 Å².